The first kappa shape index (κ1) is 18.5. The van der Waals surface area contributed by atoms with E-state index in [9.17, 15) is 8.42 Å². The first-order chi connectivity index (χ1) is 12.4. The molecule has 0 amide bonds. The highest BCUT2D eigenvalue weighted by atomic mass is 32.2. The molecule has 0 spiro atoms. The van der Waals surface area contributed by atoms with Crippen LogP contribution in [0.25, 0.3) is 11.0 Å². The van der Waals surface area contributed by atoms with Gasteiger partial charge >= 0.3 is 0 Å². The fourth-order valence-corrected chi connectivity index (χ4v) is 4.21. The number of rotatable bonds is 8. The maximum absolute atomic E-state index is 12.3. The molecule has 6 heteroatoms. The molecule has 1 atom stereocenters. The number of aryl methyl sites for hydroxylation is 1. The van der Waals surface area contributed by atoms with Crippen molar-refractivity contribution in [2.45, 2.75) is 25.8 Å². The number of ether oxygens (including phenoxy) is 1. The predicted octanol–water partition coefficient (Wildman–Crippen LogP) is 3.53. The van der Waals surface area contributed by atoms with Crippen LogP contribution in [0, 0.1) is 0 Å². The lowest BCUT2D eigenvalue weighted by Crippen LogP contribution is -2.36. The fraction of sp³-hybridized carbons (Fsp3) is 0.300. The summed E-state index contributed by atoms with van der Waals surface area (Å²) in [5, 5.41) is 1.03. The molecule has 5 nitrogen and oxygen atoms in total. The molecular formula is C20H23NO4S. The number of hydrogen-bond acceptors (Lipinski definition) is 4. The molecule has 0 fully saturated rings. The lowest BCUT2D eigenvalue weighted by Gasteiger charge is -2.13. The number of nitrogens with one attached hydrogen (secondary N) is 1. The molecule has 0 unspecified atom stereocenters. The van der Waals surface area contributed by atoms with Crippen LogP contribution < -0.4 is 9.46 Å². The van der Waals surface area contributed by atoms with Gasteiger partial charge in [0.15, 0.2) is 0 Å². The zero-order chi connectivity index (χ0) is 18.6. The Morgan fingerprint density at radius 1 is 1.12 bits per heavy atom. The summed E-state index contributed by atoms with van der Waals surface area (Å²) in [6, 6.07) is 16.9. The lowest BCUT2D eigenvalue weighted by atomic mass is 10.2. The molecule has 0 aliphatic heterocycles. The first-order valence-corrected chi connectivity index (χ1v) is 10.2. The molecular weight excluding hydrogens is 350 g/mol. The molecule has 0 aliphatic rings. The van der Waals surface area contributed by atoms with Crippen molar-refractivity contribution in [3.63, 3.8) is 0 Å². The Hall–Kier alpha value is -2.31. The van der Waals surface area contributed by atoms with Crippen molar-refractivity contribution in [2.24, 2.45) is 0 Å². The predicted molar refractivity (Wildman–Crippen MR) is 103 cm³/mol. The standard InChI is InChI=1S/C20H23NO4S/c1-15(13-19-14-17-5-3-4-6-20(17)25-19)21-26(22,23)12-11-16-7-9-18(24-2)10-8-16/h3-10,14-15,21H,11-13H2,1-2H3/t15-/m1/s1. The average molecular weight is 373 g/mol. The molecule has 138 valence electrons. The van der Waals surface area contributed by atoms with Crippen LogP contribution in [-0.4, -0.2) is 27.3 Å². The summed E-state index contributed by atoms with van der Waals surface area (Å²) in [5.74, 6) is 1.58. The molecule has 26 heavy (non-hydrogen) atoms. The summed E-state index contributed by atoms with van der Waals surface area (Å²) in [5.41, 5.74) is 1.78. The molecule has 0 saturated carbocycles. The smallest absolute Gasteiger partial charge is 0.212 e. The van der Waals surface area contributed by atoms with Gasteiger partial charge in [0, 0.05) is 17.8 Å². The zero-order valence-corrected chi connectivity index (χ0v) is 15.8. The SMILES string of the molecule is COc1ccc(CCS(=O)(=O)N[C@H](C)Cc2cc3ccccc3o2)cc1. The van der Waals surface area contributed by atoms with Gasteiger partial charge in [0.2, 0.25) is 10.0 Å². The van der Waals surface area contributed by atoms with Crippen molar-refractivity contribution >= 4 is 21.0 Å². The van der Waals surface area contributed by atoms with Gasteiger partial charge < -0.3 is 9.15 Å². The van der Waals surface area contributed by atoms with Gasteiger partial charge in [-0.2, -0.15) is 0 Å². The maximum atomic E-state index is 12.3. The molecule has 1 aromatic heterocycles. The van der Waals surface area contributed by atoms with Crippen molar-refractivity contribution in [3.05, 3.63) is 65.9 Å². The third-order valence-electron chi connectivity index (χ3n) is 4.18. The van der Waals surface area contributed by atoms with E-state index in [2.05, 4.69) is 4.72 Å². The van der Waals surface area contributed by atoms with Crippen LogP contribution >= 0.6 is 0 Å². The van der Waals surface area contributed by atoms with E-state index in [1.54, 1.807) is 7.11 Å². The third kappa shape index (κ3) is 4.86. The number of para-hydroxylation sites is 1. The number of sulfonamides is 1. The topological polar surface area (TPSA) is 68.5 Å². The van der Waals surface area contributed by atoms with E-state index in [4.69, 9.17) is 9.15 Å². The van der Waals surface area contributed by atoms with Crippen molar-refractivity contribution in [3.8, 4) is 5.75 Å². The van der Waals surface area contributed by atoms with Crippen LogP contribution in [0.4, 0.5) is 0 Å². The van der Waals surface area contributed by atoms with E-state index in [0.29, 0.717) is 12.8 Å². The molecule has 1 N–H and O–H groups in total. The summed E-state index contributed by atoms with van der Waals surface area (Å²) in [6.45, 7) is 1.85. The van der Waals surface area contributed by atoms with Gasteiger partial charge in [0.1, 0.15) is 17.1 Å². The molecule has 2 aromatic carbocycles. The number of hydrogen-bond donors (Lipinski definition) is 1. The Bertz CT molecular complexity index is 928. The van der Waals surface area contributed by atoms with E-state index in [0.717, 1.165) is 28.0 Å². The van der Waals surface area contributed by atoms with Gasteiger partial charge in [-0.15, -0.1) is 0 Å². The first-order valence-electron chi connectivity index (χ1n) is 8.55. The summed E-state index contributed by atoms with van der Waals surface area (Å²) in [7, 11) is -1.76. The minimum Gasteiger partial charge on any atom is -0.497 e. The highest BCUT2D eigenvalue weighted by Crippen LogP contribution is 2.20. The number of methoxy groups -OCH3 is 1. The van der Waals surface area contributed by atoms with Crippen LogP contribution in [0.2, 0.25) is 0 Å². The molecule has 0 bridgehead atoms. The van der Waals surface area contributed by atoms with E-state index < -0.39 is 10.0 Å². The van der Waals surface area contributed by atoms with Crippen LogP contribution in [0.5, 0.6) is 5.75 Å². The van der Waals surface area contributed by atoms with Gasteiger partial charge in [-0.1, -0.05) is 30.3 Å². The summed E-state index contributed by atoms with van der Waals surface area (Å²) in [4.78, 5) is 0. The minimum atomic E-state index is -3.37. The summed E-state index contributed by atoms with van der Waals surface area (Å²) in [6.07, 6.45) is 0.965. The van der Waals surface area contributed by atoms with Gasteiger partial charge in [0.05, 0.1) is 12.9 Å². The van der Waals surface area contributed by atoms with Gasteiger partial charge in [-0.3, -0.25) is 0 Å². The number of benzene rings is 2. The largest absolute Gasteiger partial charge is 0.497 e. The van der Waals surface area contributed by atoms with Crippen LogP contribution in [-0.2, 0) is 22.9 Å². The Kier molecular flexibility index (Phi) is 5.64. The second-order valence-corrected chi connectivity index (χ2v) is 8.26. The van der Waals surface area contributed by atoms with E-state index >= 15 is 0 Å². The van der Waals surface area contributed by atoms with Crippen molar-refractivity contribution < 1.29 is 17.6 Å². The van der Waals surface area contributed by atoms with Gasteiger partial charge in [0.25, 0.3) is 0 Å². The van der Waals surface area contributed by atoms with E-state index in [1.807, 2.05) is 61.5 Å². The quantitative estimate of drug-likeness (QED) is 0.656. The second kappa shape index (κ2) is 7.93. The molecule has 0 saturated heterocycles. The van der Waals surface area contributed by atoms with Gasteiger partial charge in [-0.25, -0.2) is 13.1 Å². The van der Waals surface area contributed by atoms with Crippen molar-refractivity contribution in [2.75, 3.05) is 12.9 Å². The Balaban J connectivity index is 1.55. The Morgan fingerprint density at radius 2 is 1.85 bits per heavy atom. The molecule has 1 heterocycles. The maximum Gasteiger partial charge on any atom is 0.212 e. The molecule has 3 rings (SSSR count). The second-order valence-electron chi connectivity index (χ2n) is 6.39. The average Bonchev–Trinajstić information content (AvgIpc) is 3.02. The molecule has 0 radical (unpaired) electrons. The fourth-order valence-electron chi connectivity index (χ4n) is 2.89. The summed E-state index contributed by atoms with van der Waals surface area (Å²) < 4.78 is 38.3. The summed E-state index contributed by atoms with van der Waals surface area (Å²) >= 11 is 0. The number of furan rings is 1. The normalized spacial score (nSPS) is 13.0. The Labute approximate surface area is 154 Å². The Morgan fingerprint density at radius 3 is 2.54 bits per heavy atom. The van der Waals surface area contributed by atoms with E-state index in [1.165, 1.54) is 0 Å². The van der Waals surface area contributed by atoms with E-state index in [-0.39, 0.29) is 11.8 Å². The van der Waals surface area contributed by atoms with Crippen LogP contribution in [0.1, 0.15) is 18.2 Å². The van der Waals surface area contributed by atoms with Gasteiger partial charge in [-0.05, 0) is 43.2 Å². The number of fused-ring (bicyclic) bond motifs is 1. The zero-order valence-electron chi connectivity index (χ0n) is 14.9. The highest BCUT2D eigenvalue weighted by Gasteiger charge is 2.16. The van der Waals surface area contributed by atoms with Crippen LogP contribution in [0.3, 0.4) is 0 Å². The minimum absolute atomic E-state index is 0.0454. The van der Waals surface area contributed by atoms with Crippen molar-refractivity contribution in [1.29, 1.82) is 0 Å². The molecule has 0 aliphatic carbocycles. The third-order valence-corrected chi connectivity index (χ3v) is 5.69. The monoisotopic (exact) mass is 373 g/mol. The lowest BCUT2D eigenvalue weighted by molar-refractivity contribution is 0.414. The molecule has 3 aromatic rings. The van der Waals surface area contributed by atoms with Crippen molar-refractivity contribution in [1.82, 2.24) is 4.72 Å². The highest BCUT2D eigenvalue weighted by molar-refractivity contribution is 7.89. The van der Waals surface area contributed by atoms with Crippen LogP contribution in [0.15, 0.2) is 59.0 Å².